The van der Waals surface area contributed by atoms with Crippen molar-refractivity contribution < 1.29 is 9.57 Å². The summed E-state index contributed by atoms with van der Waals surface area (Å²) in [6, 6.07) is 17.7. The van der Waals surface area contributed by atoms with Gasteiger partial charge in [-0.25, -0.2) is 5.48 Å². The molecule has 0 heterocycles. The molecule has 0 fully saturated rings. The molecule has 2 aromatic rings. The lowest BCUT2D eigenvalue weighted by atomic mass is 10.2. The third-order valence-corrected chi connectivity index (χ3v) is 3.09. The van der Waals surface area contributed by atoms with E-state index in [1.165, 1.54) is 0 Å². The summed E-state index contributed by atoms with van der Waals surface area (Å²) in [4.78, 5) is 5.33. The van der Waals surface area contributed by atoms with E-state index < -0.39 is 0 Å². The lowest BCUT2D eigenvalue weighted by Crippen LogP contribution is -2.34. The zero-order chi connectivity index (χ0) is 14.9. The van der Waals surface area contributed by atoms with Crippen LogP contribution in [0.4, 0.5) is 0 Å². The summed E-state index contributed by atoms with van der Waals surface area (Å²) in [5.74, 6) is 0.839. The number of hydrogen-bond acceptors (Lipinski definition) is 3. The van der Waals surface area contributed by atoms with E-state index in [4.69, 9.17) is 21.8 Å². The zero-order valence-electron chi connectivity index (χ0n) is 11.8. The van der Waals surface area contributed by atoms with Crippen LogP contribution in [0.25, 0.3) is 0 Å². The minimum Gasteiger partial charge on any atom is -0.497 e. The smallest absolute Gasteiger partial charge is 0.190 e. The van der Waals surface area contributed by atoms with Gasteiger partial charge in [-0.2, -0.15) is 0 Å². The van der Waals surface area contributed by atoms with E-state index in [1.807, 2.05) is 54.6 Å². The van der Waals surface area contributed by atoms with Crippen molar-refractivity contribution in [3.8, 4) is 5.75 Å². The van der Waals surface area contributed by atoms with Crippen molar-refractivity contribution in [1.82, 2.24) is 10.8 Å². The highest BCUT2D eigenvalue weighted by atomic mass is 32.1. The van der Waals surface area contributed by atoms with Crippen LogP contribution in [0.5, 0.6) is 5.75 Å². The summed E-state index contributed by atoms with van der Waals surface area (Å²) in [6.45, 7) is 1.09. The molecule has 0 saturated heterocycles. The summed E-state index contributed by atoms with van der Waals surface area (Å²) in [5.41, 5.74) is 4.92. The molecule has 5 heteroatoms. The van der Waals surface area contributed by atoms with Crippen LogP contribution in [-0.2, 0) is 18.0 Å². The third-order valence-electron chi connectivity index (χ3n) is 2.86. The Morgan fingerprint density at radius 2 is 1.71 bits per heavy atom. The summed E-state index contributed by atoms with van der Waals surface area (Å²) in [6.07, 6.45) is 0. The summed E-state index contributed by atoms with van der Waals surface area (Å²) >= 11 is 5.15. The molecule has 0 radical (unpaired) electrons. The molecule has 2 aromatic carbocycles. The van der Waals surface area contributed by atoms with Gasteiger partial charge in [-0.15, -0.1) is 0 Å². The average Bonchev–Trinajstić information content (AvgIpc) is 2.54. The third kappa shape index (κ3) is 5.41. The van der Waals surface area contributed by atoms with Crippen LogP contribution >= 0.6 is 12.2 Å². The Bertz CT molecular complexity index is 558. The first-order valence-electron chi connectivity index (χ1n) is 6.60. The van der Waals surface area contributed by atoms with E-state index in [0.29, 0.717) is 18.3 Å². The summed E-state index contributed by atoms with van der Waals surface area (Å²) < 4.78 is 5.11. The Kier molecular flexibility index (Phi) is 5.99. The molecule has 0 saturated carbocycles. The zero-order valence-corrected chi connectivity index (χ0v) is 12.7. The number of nitrogens with one attached hydrogen (secondary N) is 2. The first kappa shape index (κ1) is 15.3. The van der Waals surface area contributed by atoms with Gasteiger partial charge >= 0.3 is 0 Å². The van der Waals surface area contributed by atoms with Gasteiger partial charge < -0.3 is 10.1 Å². The topological polar surface area (TPSA) is 42.5 Å². The highest BCUT2D eigenvalue weighted by molar-refractivity contribution is 7.80. The molecule has 0 aliphatic rings. The Labute approximate surface area is 130 Å². The minimum absolute atomic E-state index is 0.460. The van der Waals surface area contributed by atoms with Crippen molar-refractivity contribution in [2.45, 2.75) is 13.2 Å². The lowest BCUT2D eigenvalue weighted by Gasteiger charge is -2.11. The Morgan fingerprint density at radius 1 is 1.00 bits per heavy atom. The van der Waals surface area contributed by atoms with Crippen LogP contribution < -0.4 is 15.5 Å². The molecule has 4 nitrogen and oxygen atoms in total. The van der Waals surface area contributed by atoms with Gasteiger partial charge in [0.25, 0.3) is 0 Å². The van der Waals surface area contributed by atoms with Crippen molar-refractivity contribution in [1.29, 1.82) is 0 Å². The first-order valence-corrected chi connectivity index (χ1v) is 7.01. The van der Waals surface area contributed by atoms with Gasteiger partial charge in [0.05, 0.1) is 13.7 Å². The van der Waals surface area contributed by atoms with Crippen LogP contribution in [0.1, 0.15) is 11.1 Å². The van der Waals surface area contributed by atoms with Crippen LogP contribution in [0, 0.1) is 0 Å². The van der Waals surface area contributed by atoms with Gasteiger partial charge in [0.15, 0.2) is 5.11 Å². The second kappa shape index (κ2) is 8.24. The molecule has 2 rings (SSSR count). The van der Waals surface area contributed by atoms with E-state index in [1.54, 1.807) is 7.11 Å². The van der Waals surface area contributed by atoms with Crippen molar-refractivity contribution in [2.75, 3.05) is 7.11 Å². The Balaban J connectivity index is 1.67. The highest BCUT2D eigenvalue weighted by Crippen LogP contribution is 2.10. The molecule has 0 spiro atoms. The number of thiocarbonyl (C=S) groups is 1. The number of benzene rings is 2. The molecule has 0 aliphatic carbocycles. The van der Waals surface area contributed by atoms with Gasteiger partial charge in [-0.05, 0) is 35.5 Å². The molecule has 110 valence electrons. The van der Waals surface area contributed by atoms with E-state index in [0.717, 1.165) is 16.9 Å². The summed E-state index contributed by atoms with van der Waals surface area (Å²) in [7, 11) is 1.65. The Morgan fingerprint density at radius 3 is 2.38 bits per heavy atom. The SMILES string of the molecule is COc1ccc(CNC(=S)NOCc2ccccc2)cc1. The first-order chi connectivity index (χ1) is 10.3. The second-order valence-electron chi connectivity index (χ2n) is 4.41. The molecule has 2 N–H and O–H groups in total. The van der Waals surface area contributed by atoms with Gasteiger partial charge in [-0.3, -0.25) is 4.84 Å². The summed E-state index contributed by atoms with van der Waals surface area (Å²) in [5, 5.41) is 3.54. The van der Waals surface area contributed by atoms with Crippen LogP contribution in [0.2, 0.25) is 0 Å². The predicted molar refractivity (Wildman–Crippen MR) is 86.8 cm³/mol. The molecule has 0 aromatic heterocycles. The van der Waals surface area contributed by atoms with E-state index in [9.17, 15) is 0 Å². The molecule has 0 unspecified atom stereocenters. The van der Waals surface area contributed by atoms with E-state index >= 15 is 0 Å². The molecule has 0 amide bonds. The molecule has 0 bridgehead atoms. The quantitative estimate of drug-likeness (QED) is 0.634. The Hall–Kier alpha value is -2.11. The van der Waals surface area contributed by atoms with Gasteiger partial charge in [0.2, 0.25) is 0 Å². The predicted octanol–water partition coefficient (Wildman–Crippen LogP) is 2.79. The van der Waals surface area contributed by atoms with Crippen LogP contribution in [0.15, 0.2) is 54.6 Å². The van der Waals surface area contributed by atoms with Gasteiger partial charge in [0.1, 0.15) is 5.75 Å². The van der Waals surface area contributed by atoms with Crippen molar-refractivity contribution in [3.05, 3.63) is 65.7 Å². The van der Waals surface area contributed by atoms with E-state index in [2.05, 4.69) is 10.8 Å². The van der Waals surface area contributed by atoms with Gasteiger partial charge in [0, 0.05) is 6.54 Å². The van der Waals surface area contributed by atoms with Crippen LogP contribution in [0.3, 0.4) is 0 Å². The van der Waals surface area contributed by atoms with Gasteiger partial charge in [-0.1, -0.05) is 42.5 Å². The number of hydroxylamine groups is 1. The fourth-order valence-corrected chi connectivity index (χ4v) is 1.85. The average molecular weight is 302 g/mol. The van der Waals surface area contributed by atoms with Crippen LogP contribution in [-0.4, -0.2) is 12.2 Å². The molecule has 0 aliphatic heterocycles. The second-order valence-corrected chi connectivity index (χ2v) is 4.82. The maximum Gasteiger partial charge on any atom is 0.190 e. The number of hydrogen-bond donors (Lipinski definition) is 2. The standard InChI is InChI=1S/C16H18N2O2S/c1-19-15-9-7-13(8-10-15)11-17-16(21)18-20-12-14-5-3-2-4-6-14/h2-10H,11-12H2,1H3,(H2,17,18,21). The largest absolute Gasteiger partial charge is 0.497 e. The maximum absolute atomic E-state index is 5.33. The van der Waals surface area contributed by atoms with Crippen molar-refractivity contribution >= 4 is 17.3 Å². The number of rotatable bonds is 6. The maximum atomic E-state index is 5.33. The van der Waals surface area contributed by atoms with E-state index in [-0.39, 0.29) is 0 Å². The van der Waals surface area contributed by atoms with Crippen molar-refractivity contribution in [2.24, 2.45) is 0 Å². The monoisotopic (exact) mass is 302 g/mol. The number of ether oxygens (including phenoxy) is 1. The molecule has 21 heavy (non-hydrogen) atoms. The highest BCUT2D eigenvalue weighted by Gasteiger charge is 1.98. The normalized spacial score (nSPS) is 9.95. The lowest BCUT2D eigenvalue weighted by molar-refractivity contribution is 0.0705. The minimum atomic E-state index is 0.460. The fourth-order valence-electron chi connectivity index (χ4n) is 1.72. The number of methoxy groups -OCH3 is 1. The molecular weight excluding hydrogens is 284 g/mol. The fraction of sp³-hybridized carbons (Fsp3) is 0.188. The van der Waals surface area contributed by atoms with Crippen molar-refractivity contribution in [3.63, 3.8) is 0 Å². The molecular formula is C16H18N2O2S. The molecule has 0 atom stereocenters.